The Hall–Kier alpha value is -1.04. The zero-order valence-corrected chi connectivity index (χ0v) is 12.3. The summed E-state index contributed by atoms with van der Waals surface area (Å²) in [5, 5.41) is 5.28. The Morgan fingerprint density at radius 1 is 1.47 bits per heavy atom. The van der Waals surface area contributed by atoms with Crippen molar-refractivity contribution in [2.45, 2.75) is 22.4 Å². The van der Waals surface area contributed by atoms with Gasteiger partial charge in [-0.1, -0.05) is 18.2 Å². The number of fused-ring (bicyclic) bond motifs is 1. The molecule has 0 radical (unpaired) electrons. The summed E-state index contributed by atoms with van der Waals surface area (Å²) in [5.41, 5.74) is 2.04. The fourth-order valence-corrected chi connectivity index (χ4v) is 4.08. The van der Waals surface area contributed by atoms with Crippen molar-refractivity contribution in [2.24, 2.45) is 0 Å². The van der Waals surface area contributed by atoms with Crippen LogP contribution in [0, 0.1) is 0 Å². The fourth-order valence-electron chi connectivity index (χ4n) is 1.94. The lowest BCUT2D eigenvalue weighted by atomic mass is 10.1. The Kier molecular flexibility index (Phi) is 3.77. The van der Waals surface area contributed by atoms with Gasteiger partial charge in [0.2, 0.25) is 5.91 Å². The number of thiazole rings is 1. The monoisotopic (exact) mass is 310 g/mol. The van der Waals surface area contributed by atoms with Crippen molar-refractivity contribution in [1.29, 1.82) is 0 Å². The topological polar surface area (TPSA) is 42.0 Å². The minimum absolute atomic E-state index is 0.0108. The smallest absolute Gasteiger partial charge is 0.239 e. The third-order valence-corrected chi connectivity index (χ3v) is 5.26. The van der Waals surface area contributed by atoms with Gasteiger partial charge in [0.15, 0.2) is 5.13 Å². The highest BCUT2D eigenvalue weighted by molar-refractivity contribution is 8.01. The molecule has 0 spiro atoms. The number of benzene rings is 1. The maximum atomic E-state index is 12.2. The van der Waals surface area contributed by atoms with Gasteiger partial charge in [-0.25, -0.2) is 4.98 Å². The van der Waals surface area contributed by atoms with E-state index in [0.29, 0.717) is 11.0 Å². The van der Waals surface area contributed by atoms with Gasteiger partial charge in [-0.05, 0) is 18.1 Å². The van der Waals surface area contributed by atoms with Gasteiger partial charge in [0.1, 0.15) is 0 Å². The van der Waals surface area contributed by atoms with Crippen LogP contribution in [-0.2, 0) is 17.1 Å². The lowest BCUT2D eigenvalue weighted by molar-refractivity contribution is -0.115. The molecule has 0 aliphatic carbocycles. The van der Waals surface area contributed by atoms with Gasteiger partial charge in [-0.3, -0.25) is 4.79 Å². The summed E-state index contributed by atoms with van der Waals surface area (Å²) in [6, 6.07) is 8.14. The molecule has 1 amide bonds. The van der Waals surface area contributed by atoms with Crippen LogP contribution in [0.2, 0.25) is 0 Å². The number of aromatic nitrogens is 1. The van der Waals surface area contributed by atoms with Crippen molar-refractivity contribution >= 4 is 45.7 Å². The first kappa shape index (κ1) is 13.0. The maximum Gasteiger partial charge on any atom is 0.239 e. The number of carbonyl (C=O) groups excluding carboxylic acids is 1. The van der Waals surface area contributed by atoms with E-state index in [9.17, 15) is 4.79 Å². The Balaban J connectivity index is 1.66. The number of hydrogen-bond donors (Lipinski definition) is 1. The van der Waals surface area contributed by atoms with E-state index in [1.54, 1.807) is 11.8 Å². The molecule has 2 aromatic rings. The summed E-state index contributed by atoms with van der Waals surface area (Å²) >= 11 is 8.72. The molecule has 98 valence electrons. The van der Waals surface area contributed by atoms with E-state index < -0.39 is 0 Å². The molecule has 0 saturated heterocycles. The molecule has 1 aromatic carbocycles. The first-order valence-corrected chi connectivity index (χ1v) is 8.11. The van der Waals surface area contributed by atoms with Crippen LogP contribution in [0.5, 0.6) is 0 Å². The van der Waals surface area contributed by atoms with Gasteiger partial charge in [-0.2, -0.15) is 0 Å². The van der Waals surface area contributed by atoms with Crippen LogP contribution in [0.1, 0.15) is 11.3 Å². The van der Waals surface area contributed by atoms with Gasteiger partial charge in [0, 0.05) is 10.3 Å². The van der Waals surface area contributed by atoms with Gasteiger partial charge >= 0.3 is 0 Å². The van der Waals surface area contributed by atoms with Crippen LogP contribution in [0.25, 0.3) is 0 Å². The number of hydrogen-bond acceptors (Lipinski definition) is 4. The second kappa shape index (κ2) is 5.53. The summed E-state index contributed by atoms with van der Waals surface area (Å²) in [7, 11) is 0. The molecule has 1 aromatic heterocycles. The molecule has 1 atom stereocenters. The van der Waals surface area contributed by atoms with Gasteiger partial charge in [0.05, 0.1) is 16.8 Å². The number of halogens is 1. The fraction of sp³-hybridized carbons (Fsp3) is 0.231. The molecule has 3 nitrogen and oxygen atoms in total. The lowest BCUT2D eigenvalue weighted by Crippen LogP contribution is -2.24. The zero-order chi connectivity index (χ0) is 13.2. The summed E-state index contributed by atoms with van der Waals surface area (Å²) in [6.45, 7) is 0. The number of thioether (sulfide) groups is 1. The van der Waals surface area contributed by atoms with Gasteiger partial charge in [-0.15, -0.1) is 34.7 Å². The van der Waals surface area contributed by atoms with Gasteiger partial charge < -0.3 is 5.32 Å². The second-order valence-electron chi connectivity index (χ2n) is 4.19. The Labute approximate surface area is 124 Å². The van der Waals surface area contributed by atoms with E-state index in [0.717, 1.165) is 12.1 Å². The molecule has 1 unspecified atom stereocenters. The lowest BCUT2D eigenvalue weighted by Gasteiger charge is -2.07. The van der Waals surface area contributed by atoms with E-state index in [-0.39, 0.29) is 11.2 Å². The normalized spacial score (nSPS) is 17.2. The van der Waals surface area contributed by atoms with Crippen molar-refractivity contribution in [3.63, 3.8) is 0 Å². The number of nitrogens with zero attached hydrogens (tertiary/aromatic N) is 1. The average molecular weight is 311 g/mol. The standard InChI is InChI=1S/C13H11ClN2OS2/c14-6-9-7-18-13(15-9)16-12(17)11-5-8-3-1-2-4-10(8)19-11/h1-4,7,11H,5-6H2,(H,15,16,17). The molecule has 6 heteroatoms. The summed E-state index contributed by atoms with van der Waals surface area (Å²) in [4.78, 5) is 17.6. The molecule has 0 saturated carbocycles. The third kappa shape index (κ3) is 2.78. The van der Waals surface area contributed by atoms with E-state index in [2.05, 4.69) is 22.4 Å². The highest BCUT2D eigenvalue weighted by Crippen LogP contribution is 2.37. The molecular formula is C13H11ClN2OS2. The predicted molar refractivity (Wildman–Crippen MR) is 80.1 cm³/mol. The SMILES string of the molecule is O=C(Nc1nc(CCl)cs1)C1Cc2ccccc2S1. The summed E-state index contributed by atoms with van der Waals surface area (Å²) < 4.78 is 0. The van der Waals surface area contributed by atoms with Gasteiger partial charge in [0.25, 0.3) is 0 Å². The molecule has 3 rings (SSSR count). The van der Waals surface area contributed by atoms with E-state index in [4.69, 9.17) is 11.6 Å². The first-order valence-electron chi connectivity index (χ1n) is 5.82. The molecule has 0 fully saturated rings. The molecule has 1 aliphatic rings. The molecule has 1 N–H and O–H groups in total. The molecular weight excluding hydrogens is 300 g/mol. The van der Waals surface area contributed by atoms with Crippen LogP contribution in [-0.4, -0.2) is 16.1 Å². The minimum Gasteiger partial charge on any atom is -0.301 e. The van der Waals surface area contributed by atoms with E-state index >= 15 is 0 Å². The molecule has 19 heavy (non-hydrogen) atoms. The summed E-state index contributed by atoms with van der Waals surface area (Å²) in [5.74, 6) is 0.382. The summed E-state index contributed by atoms with van der Waals surface area (Å²) in [6.07, 6.45) is 0.778. The number of rotatable bonds is 3. The number of nitrogens with one attached hydrogen (secondary N) is 1. The van der Waals surface area contributed by atoms with E-state index in [1.807, 2.05) is 17.5 Å². The van der Waals surface area contributed by atoms with Crippen LogP contribution in [0.4, 0.5) is 5.13 Å². The Morgan fingerprint density at radius 3 is 3.05 bits per heavy atom. The van der Waals surface area contributed by atoms with Crippen molar-refractivity contribution in [1.82, 2.24) is 4.98 Å². The number of carbonyl (C=O) groups is 1. The minimum atomic E-state index is -0.0687. The van der Waals surface area contributed by atoms with Crippen molar-refractivity contribution in [3.8, 4) is 0 Å². The Bertz CT molecular complexity index is 589. The highest BCUT2D eigenvalue weighted by Gasteiger charge is 2.28. The van der Waals surface area contributed by atoms with Crippen molar-refractivity contribution in [3.05, 3.63) is 40.9 Å². The number of alkyl halides is 1. The molecule has 2 heterocycles. The second-order valence-corrected chi connectivity index (χ2v) is 6.56. The van der Waals surface area contributed by atoms with Crippen LogP contribution in [0.3, 0.4) is 0 Å². The third-order valence-electron chi connectivity index (χ3n) is 2.86. The molecule has 1 aliphatic heterocycles. The largest absolute Gasteiger partial charge is 0.301 e. The highest BCUT2D eigenvalue weighted by atomic mass is 35.5. The zero-order valence-electron chi connectivity index (χ0n) is 9.93. The number of amides is 1. The van der Waals surface area contributed by atoms with E-state index in [1.165, 1.54) is 21.8 Å². The quantitative estimate of drug-likeness (QED) is 0.882. The molecule has 0 bridgehead atoms. The maximum absolute atomic E-state index is 12.2. The first-order chi connectivity index (χ1) is 9.26. The number of anilines is 1. The van der Waals surface area contributed by atoms with Crippen LogP contribution >= 0.6 is 34.7 Å². The van der Waals surface area contributed by atoms with Crippen molar-refractivity contribution < 1.29 is 4.79 Å². The average Bonchev–Trinajstić information content (AvgIpc) is 3.04. The van der Waals surface area contributed by atoms with Crippen molar-refractivity contribution in [2.75, 3.05) is 5.32 Å². The Morgan fingerprint density at radius 2 is 2.32 bits per heavy atom. The van der Waals surface area contributed by atoms with Crippen LogP contribution < -0.4 is 5.32 Å². The van der Waals surface area contributed by atoms with Crippen LogP contribution in [0.15, 0.2) is 34.5 Å². The predicted octanol–water partition coefficient (Wildman–Crippen LogP) is 3.54.